The van der Waals surface area contributed by atoms with Crippen LogP contribution in [-0.4, -0.2) is 5.78 Å². The van der Waals surface area contributed by atoms with Crippen LogP contribution in [0.2, 0.25) is 0 Å². The number of carbonyl (C=O) groups excluding carboxylic acids is 1. The second-order valence-corrected chi connectivity index (χ2v) is 2.72. The average molecular weight is 163 g/mol. The van der Waals surface area contributed by atoms with Crippen molar-refractivity contribution >= 4 is 5.78 Å². The summed E-state index contributed by atoms with van der Waals surface area (Å²) in [5, 5.41) is 0. The van der Waals surface area contributed by atoms with E-state index in [1.165, 1.54) is 0 Å². The van der Waals surface area contributed by atoms with Crippen molar-refractivity contribution in [3.8, 4) is 0 Å². The maximum absolute atomic E-state index is 11.5. The minimum Gasteiger partial charge on any atom is -0.294 e. The third kappa shape index (κ3) is 2.50. The molecule has 0 aliphatic carbocycles. The zero-order valence-electron chi connectivity index (χ0n) is 8.29. The number of Topliss-reactive ketones (excluding diaryl/α,β-unsaturated/α-hetero) is 1. The normalized spacial score (nSPS) is 13.6. The monoisotopic (exact) mass is 163 g/mol. The van der Waals surface area contributed by atoms with Gasteiger partial charge in [0.2, 0.25) is 0 Å². The number of hydrogen-bond donors (Lipinski definition) is 0. The molecule has 0 saturated carbocycles. The van der Waals surface area contributed by atoms with Crippen LogP contribution in [0.5, 0.6) is 0 Å². The van der Waals surface area contributed by atoms with Crippen molar-refractivity contribution in [3.63, 3.8) is 0 Å². The molecule has 64 valence electrons. The van der Waals surface area contributed by atoms with Crippen molar-refractivity contribution < 1.29 is 6.17 Å². The van der Waals surface area contributed by atoms with E-state index in [1.807, 2.05) is 25.1 Å². The van der Waals surface area contributed by atoms with Crippen LogP contribution >= 0.6 is 0 Å². The summed E-state index contributed by atoms with van der Waals surface area (Å²) in [6.45, 7) is 1.99. The molecular weight excluding hydrogens is 148 g/mol. The van der Waals surface area contributed by atoms with Gasteiger partial charge in [-0.3, -0.25) is 4.79 Å². The molecule has 0 aliphatic rings. The predicted molar refractivity (Wildman–Crippen MR) is 50.3 cm³/mol. The molecule has 1 heteroatoms. The van der Waals surface area contributed by atoms with E-state index in [-0.39, 0.29) is 5.78 Å². The van der Waals surface area contributed by atoms with Crippen LogP contribution in [0.25, 0.3) is 0 Å². The molecule has 0 radical (unpaired) electrons. The first-order valence-electron chi connectivity index (χ1n) is 4.85. The van der Waals surface area contributed by atoms with Gasteiger partial charge in [0, 0.05) is 13.3 Å². The van der Waals surface area contributed by atoms with Crippen LogP contribution in [0.15, 0.2) is 30.3 Å². The topological polar surface area (TPSA) is 17.1 Å². The molecule has 12 heavy (non-hydrogen) atoms. The fourth-order valence-corrected chi connectivity index (χ4v) is 0.996. The minimum atomic E-state index is -0.590. The molecular formula is C11H14O. The number of hydrogen-bond acceptors (Lipinski definition) is 1. The molecule has 1 aromatic carbocycles. The van der Waals surface area contributed by atoms with E-state index in [9.17, 15) is 4.79 Å². The zero-order chi connectivity index (χ0) is 9.68. The highest BCUT2D eigenvalue weighted by atomic mass is 16.1. The predicted octanol–water partition coefficient (Wildman–Crippen LogP) is 3.06. The Morgan fingerprint density at radius 2 is 2.08 bits per heavy atom. The van der Waals surface area contributed by atoms with Crippen LogP contribution in [0, 0.1) is 0 Å². The SMILES string of the molecule is [2H]C(CCC)C(=O)c1ccccc1. The Labute approximate surface area is 74.8 Å². The highest BCUT2D eigenvalue weighted by molar-refractivity contribution is 5.95. The molecule has 0 heterocycles. The van der Waals surface area contributed by atoms with E-state index in [2.05, 4.69) is 0 Å². The number of benzene rings is 1. The van der Waals surface area contributed by atoms with Gasteiger partial charge in [0.1, 0.15) is 0 Å². The molecule has 1 aromatic rings. The Kier molecular flexibility index (Phi) is 2.95. The van der Waals surface area contributed by atoms with Crippen LogP contribution in [-0.2, 0) is 0 Å². The fourth-order valence-electron chi connectivity index (χ4n) is 0.996. The summed E-state index contributed by atoms with van der Waals surface area (Å²) >= 11 is 0. The van der Waals surface area contributed by atoms with Crippen LogP contribution in [0.4, 0.5) is 0 Å². The van der Waals surface area contributed by atoms with Crippen molar-refractivity contribution in [2.24, 2.45) is 0 Å². The largest absolute Gasteiger partial charge is 0.294 e. The van der Waals surface area contributed by atoms with E-state index < -0.39 is 6.40 Å². The molecule has 1 unspecified atom stereocenters. The highest BCUT2D eigenvalue weighted by Gasteiger charge is 2.02. The first-order valence-corrected chi connectivity index (χ1v) is 4.27. The van der Waals surface area contributed by atoms with Crippen LogP contribution in [0.1, 0.15) is 37.9 Å². The maximum atomic E-state index is 11.5. The lowest BCUT2D eigenvalue weighted by molar-refractivity contribution is 0.0980. The van der Waals surface area contributed by atoms with Gasteiger partial charge in [0.05, 0.1) is 0 Å². The Balaban J connectivity index is 2.68. The van der Waals surface area contributed by atoms with Gasteiger partial charge in [-0.15, -0.1) is 0 Å². The summed E-state index contributed by atoms with van der Waals surface area (Å²) in [6, 6.07) is 9.05. The van der Waals surface area contributed by atoms with E-state index in [0.29, 0.717) is 12.0 Å². The molecule has 1 nitrogen and oxygen atoms in total. The smallest absolute Gasteiger partial charge is 0.162 e. The minimum absolute atomic E-state index is 0.0672. The molecule has 0 bridgehead atoms. The van der Waals surface area contributed by atoms with Gasteiger partial charge in [0.15, 0.2) is 5.78 Å². The summed E-state index contributed by atoms with van der Waals surface area (Å²) in [5.74, 6) is -0.0672. The molecule has 0 spiro atoms. The van der Waals surface area contributed by atoms with Gasteiger partial charge in [-0.05, 0) is 6.42 Å². The lowest BCUT2D eigenvalue weighted by atomic mass is 10.1. The molecule has 0 aliphatic heterocycles. The van der Waals surface area contributed by atoms with Gasteiger partial charge < -0.3 is 0 Å². The summed E-state index contributed by atoms with van der Waals surface area (Å²) in [6.07, 6.45) is 0.938. The summed E-state index contributed by atoms with van der Waals surface area (Å²) in [5.41, 5.74) is 0.649. The van der Waals surface area contributed by atoms with Crippen LogP contribution in [0.3, 0.4) is 0 Å². The average Bonchev–Trinajstić information content (AvgIpc) is 2.18. The van der Waals surface area contributed by atoms with Gasteiger partial charge in [-0.25, -0.2) is 0 Å². The standard InChI is InChI=1S/C11H14O/c1-2-3-9-11(12)10-7-5-4-6-8-10/h4-8H,2-3,9H2,1H3/i9D. The maximum Gasteiger partial charge on any atom is 0.162 e. The number of ketones is 1. The van der Waals surface area contributed by atoms with Crippen LogP contribution < -0.4 is 0 Å². The van der Waals surface area contributed by atoms with E-state index in [0.717, 1.165) is 6.42 Å². The van der Waals surface area contributed by atoms with Crippen molar-refractivity contribution in [3.05, 3.63) is 35.9 Å². The zero-order valence-corrected chi connectivity index (χ0v) is 7.29. The Morgan fingerprint density at radius 1 is 1.42 bits per heavy atom. The molecule has 0 saturated heterocycles. The van der Waals surface area contributed by atoms with E-state index in [4.69, 9.17) is 1.37 Å². The Hall–Kier alpha value is -1.11. The van der Waals surface area contributed by atoms with Gasteiger partial charge >= 0.3 is 0 Å². The second-order valence-electron chi connectivity index (χ2n) is 2.72. The fraction of sp³-hybridized carbons (Fsp3) is 0.364. The summed E-state index contributed by atoms with van der Waals surface area (Å²) in [7, 11) is 0. The first-order chi connectivity index (χ1) is 6.25. The lowest BCUT2D eigenvalue weighted by Crippen LogP contribution is -1.97. The molecule has 0 aromatic heterocycles. The van der Waals surface area contributed by atoms with Crippen molar-refractivity contribution in [2.75, 3.05) is 0 Å². The summed E-state index contributed by atoms with van der Waals surface area (Å²) < 4.78 is 7.57. The van der Waals surface area contributed by atoms with Gasteiger partial charge in [-0.1, -0.05) is 43.7 Å². The second kappa shape index (κ2) is 4.70. The van der Waals surface area contributed by atoms with Crippen molar-refractivity contribution in [1.82, 2.24) is 0 Å². The third-order valence-corrected chi connectivity index (χ3v) is 1.68. The molecule has 0 amide bonds. The van der Waals surface area contributed by atoms with Gasteiger partial charge in [0.25, 0.3) is 0 Å². The van der Waals surface area contributed by atoms with Crippen molar-refractivity contribution in [1.29, 1.82) is 0 Å². The first kappa shape index (κ1) is 7.53. The Bertz CT molecular complexity index is 269. The third-order valence-electron chi connectivity index (χ3n) is 1.68. The molecule has 0 N–H and O–H groups in total. The molecule has 0 fully saturated rings. The van der Waals surface area contributed by atoms with Gasteiger partial charge in [-0.2, -0.15) is 0 Å². The van der Waals surface area contributed by atoms with E-state index >= 15 is 0 Å². The molecule has 1 rings (SSSR count). The lowest BCUT2D eigenvalue weighted by Gasteiger charge is -1.97. The highest BCUT2D eigenvalue weighted by Crippen LogP contribution is 2.05. The summed E-state index contributed by atoms with van der Waals surface area (Å²) in [4.78, 5) is 11.5. The molecule has 1 atom stereocenters. The quantitative estimate of drug-likeness (QED) is 0.623. The Morgan fingerprint density at radius 3 is 2.67 bits per heavy atom. The number of carbonyl (C=O) groups is 1. The van der Waals surface area contributed by atoms with Crippen molar-refractivity contribution in [2.45, 2.75) is 26.2 Å². The van der Waals surface area contributed by atoms with E-state index in [1.54, 1.807) is 12.1 Å². The number of rotatable bonds is 4.